The van der Waals surface area contributed by atoms with Gasteiger partial charge >= 0.3 is 5.97 Å². The summed E-state index contributed by atoms with van der Waals surface area (Å²) >= 11 is 0. The fourth-order valence-electron chi connectivity index (χ4n) is 1.80. The van der Waals surface area contributed by atoms with E-state index in [0.29, 0.717) is 13.0 Å². The summed E-state index contributed by atoms with van der Waals surface area (Å²) in [7, 11) is 1.37. The number of carbonyl (C=O) groups excluding carboxylic acids is 2. The Bertz CT molecular complexity index is 471. The highest BCUT2D eigenvalue weighted by molar-refractivity contribution is 5.96. The highest BCUT2D eigenvalue weighted by atomic mass is 16.5. The molecule has 2 N–H and O–H groups in total. The van der Waals surface area contributed by atoms with Gasteiger partial charge in [0.1, 0.15) is 5.75 Å². The zero-order valence-corrected chi connectivity index (χ0v) is 11.9. The standard InChI is InChI=1S/C15H21NO4/c1-11-7-8-12(13(17)10-11)15(19)16-9-5-3-4-6-14(18)20-2/h7-8,10,17H,3-6,9H2,1-2H3,(H,16,19). The van der Waals surface area contributed by atoms with Crippen molar-refractivity contribution in [2.75, 3.05) is 13.7 Å². The van der Waals surface area contributed by atoms with Gasteiger partial charge in [0.05, 0.1) is 12.7 Å². The van der Waals surface area contributed by atoms with Gasteiger partial charge in [-0.05, 0) is 37.5 Å². The smallest absolute Gasteiger partial charge is 0.305 e. The number of aryl methyl sites for hydroxylation is 1. The van der Waals surface area contributed by atoms with Crippen LogP contribution in [-0.2, 0) is 9.53 Å². The summed E-state index contributed by atoms with van der Waals surface area (Å²) in [6.45, 7) is 2.37. The molecule has 20 heavy (non-hydrogen) atoms. The Morgan fingerprint density at radius 2 is 2.00 bits per heavy atom. The summed E-state index contributed by atoms with van der Waals surface area (Å²) < 4.78 is 4.54. The van der Waals surface area contributed by atoms with Gasteiger partial charge in [-0.15, -0.1) is 0 Å². The number of esters is 1. The van der Waals surface area contributed by atoms with Crippen LogP contribution in [0.15, 0.2) is 18.2 Å². The fourth-order valence-corrected chi connectivity index (χ4v) is 1.80. The first-order valence-electron chi connectivity index (χ1n) is 6.69. The first kappa shape index (κ1) is 16.0. The highest BCUT2D eigenvalue weighted by Gasteiger charge is 2.10. The second-order valence-electron chi connectivity index (χ2n) is 4.66. The van der Waals surface area contributed by atoms with Crippen molar-refractivity contribution in [1.82, 2.24) is 5.32 Å². The van der Waals surface area contributed by atoms with Crippen molar-refractivity contribution >= 4 is 11.9 Å². The van der Waals surface area contributed by atoms with Crippen molar-refractivity contribution in [1.29, 1.82) is 0 Å². The van der Waals surface area contributed by atoms with Crippen LogP contribution in [0, 0.1) is 6.92 Å². The Morgan fingerprint density at radius 3 is 2.65 bits per heavy atom. The SMILES string of the molecule is COC(=O)CCCCCNC(=O)c1ccc(C)cc1O. The van der Waals surface area contributed by atoms with Gasteiger partial charge in [0.25, 0.3) is 5.91 Å². The Labute approximate surface area is 118 Å². The second kappa shape index (κ2) is 8.19. The summed E-state index contributed by atoms with van der Waals surface area (Å²) in [5.74, 6) is -0.498. The Morgan fingerprint density at radius 1 is 1.25 bits per heavy atom. The number of nitrogens with one attached hydrogen (secondary N) is 1. The van der Waals surface area contributed by atoms with Crippen LogP contribution in [0.2, 0.25) is 0 Å². The van der Waals surface area contributed by atoms with E-state index in [2.05, 4.69) is 10.1 Å². The largest absolute Gasteiger partial charge is 0.507 e. The molecule has 0 saturated carbocycles. The maximum Gasteiger partial charge on any atom is 0.305 e. The van der Waals surface area contributed by atoms with Crippen LogP contribution in [0.1, 0.15) is 41.6 Å². The molecule has 0 aromatic heterocycles. The third kappa shape index (κ3) is 5.30. The van der Waals surface area contributed by atoms with Crippen LogP contribution >= 0.6 is 0 Å². The number of aromatic hydroxyl groups is 1. The average Bonchev–Trinajstić information content (AvgIpc) is 2.42. The highest BCUT2D eigenvalue weighted by Crippen LogP contribution is 2.18. The number of hydrogen-bond donors (Lipinski definition) is 2. The van der Waals surface area contributed by atoms with Crippen LogP contribution < -0.4 is 5.32 Å². The van der Waals surface area contributed by atoms with Crippen LogP contribution in [0.3, 0.4) is 0 Å². The van der Waals surface area contributed by atoms with Gasteiger partial charge in [0, 0.05) is 13.0 Å². The molecule has 0 spiro atoms. The van der Waals surface area contributed by atoms with E-state index in [1.54, 1.807) is 18.2 Å². The van der Waals surface area contributed by atoms with Crippen molar-refractivity contribution in [3.8, 4) is 5.75 Å². The number of rotatable bonds is 7. The van der Waals surface area contributed by atoms with Crippen LogP contribution in [0.4, 0.5) is 0 Å². The molecule has 0 radical (unpaired) electrons. The number of hydrogen-bond acceptors (Lipinski definition) is 4. The van der Waals surface area contributed by atoms with Crippen molar-refractivity contribution < 1.29 is 19.4 Å². The van der Waals surface area contributed by atoms with E-state index in [1.807, 2.05) is 6.92 Å². The molecule has 0 bridgehead atoms. The van der Waals surface area contributed by atoms with Crippen LogP contribution in [0.25, 0.3) is 0 Å². The van der Waals surface area contributed by atoms with E-state index in [4.69, 9.17) is 0 Å². The molecule has 0 aliphatic heterocycles. The van der Waals surface area contributed by atoms with Crippen molar-refractivity contribution in [2.24, 2.45) is 0 Å². The van der Waals surface area contributed by atoms with Gasteiger partial charge in [-0.25, -0.2) is 0 Å². The second-order valence-corrected chi connectivity index (χ2v) is 4.66. The molecule has 0 aliphatic rings. The molecule has 1 aromatic carbocycles. The molecule has 0 atom stereocenters. The van der Waals surface area contributed by atoms with E-state index in [9.17, 15) is 14.7 Å². The molecule has 1 rings (SSSR count). The van der Waals surface area contributed by atoms with Crippen molar-refractivity contribution in [3.63, 3.8) is 0 Å². The number of phenols is 1. The predicted octanol–water partition coefficient (Wildman–Crippen LogP) is 2.16. The van der Waals surface area contributed by atoms with Gasteiger partial charge < -0.3 is 15.2 Å². The molecule has 1 aromatic rings. The zero-order chi connectivity index (χ0) is 15.0. The van der Waals surface area contributed by atoms with Gasteiger partial charge in [0.15, 0.2) is 0 Å². The average molecular weight is 279 g/mol. The van der Waals surface area contributed by atoms with Gasteiger partial charge in [-0.3, -0.25) is 9.59 Å². The van der Waals surface area contributed by atoms with Gasteiger partial charge in [-0.2, -0.15) is 0 Å². The molecule has 5 heteroatoms. The molecule has 5 nitrogen and oxygen atoms in total. The number of benzene rings is 1. The summed E-state index contributed by atoms with van der Waals surface area (Å²) in [5.41, 5.74) is 1.19. The summed E-state index contributed by atoms with van der Waals surface area (Å²) in [5, 5.41) is 12.4. The van der Waals surface area contributed by atoms with Gasteiger partial charge in [0.2, 0.25) is 0 Å². The van der Waals surface area contributed by atoms with E-state index in [0.717, 1.165) is 24.8 Å². The Balaban J connectivity index is 2.25. The number of methoxy groups -OCH3 is 1. The number of carbonyl (C=O) groups is 2. The minimum Gasteiger partial charge on any atom is -0.507 e. The van der Waals surface area contributed by atoms with E-state index < -0.39 is 0 Å². The van der Waals surface area contributed by atoms with E-state index in [1.165, 1.54) is 7.11 Å². The Hall–Kier alpha value is -2.04. The normalized spacial score (nSPS) is 10.1. The molecule has 1 amide bonds. The maximum atomic E-state index is 11.8. The Kier molecular flexibility index (Phi) is 6.56. The predicted molar refractivity (Wildman–Crippen MR) is 75.7 cm³/mol. The quantitative estimate of drug-likeness (QED) is 0.592. The molecule has 0 aliphatic carbocycles. The first-order valence-corrected chi connectivity index (χ1v) is 6.69. The molecular formula is C15H21NO4. The molecule has 0 saturated heterocycles. The number of phenolic OH excluding ortho intramolecular Hbond substituents is 1. The summed E-state index contributed by atoms with van der Waals surface area (Å²) in [6.07, 6.45) is 2.78. The molecule has 0 heterocycles. The van der Waals surface area contributed by atoms with E-state index in [-0.39, 0.29) is 23.2 Å². The molecular weight excluding hydrogens is 258 g/mol. The fraction of sp³-hybridized carbons (Fsp3) is 0.467. The lowest BCUT2D eigenvalue weighted by molar-refractivity contribution is -0.140. The third-order valence-electron chi connectivity index (χ3n) is 2.97. The zero-order valence-electron chi connectivity index (χ0n) is 11.9. The van der Waals surface area contributed by atoms with Crippen molar-refractivity contribution in [3.05, 3.63) is 29.3 Å². The number of amides is 1. The lowest BCUT2D eigenvalue weighted by atomic mass is 10.1. The first-order chi connectivity index (χ1) is 9.54. The molecule has 0 unspecified atom stereocenters. The summed E-state index contributed by atoms with van der Waals surface area (Å²) in [6, 6.07) is 4.95. The van der Waals surface area contributed by atoms with Crippen molar-refractivity contribution in [2.45, 2.75) is 32.6 Å². The number of ether oxygens (including phenoxy) is 1. The maximum absolute atomic E-state index is 11.8. The minimum absolute atomic E-state index is 0.00630. The number of unbranched alkanes of at least 4 members (excludes halogenated alkanes) is 2. The van der Waals surface area contributed by atoms with Crippen LogP contribution in [0.5, 0.6) is 5.75 Å². The molecule has 0 fully saturated rings. The third-order valence-corrected chi connectivity index (χ3v) is 2.97. The van der Waals surface area contributed by atoms with E-state index >= 15 is 0 Å². The van der Waals surface area contributed by atoms with Gasteiger partial charge in [-0.1, -0.05) is 12.5 Å². The lowest BCUT2D eigenvalue weighted by Crippen LogP contribution is -2.24. The topological polar surface area (TPSA) is 75.6 Å². The van der Waals surface area contributed by atoms with Crippen LogP contribution in [-0.4, -0.2) is 30.6 Å². The minimum atomic E-state index is -0.282. The molecule has 110 valence electrons. The monoisotopic (exact) mass is 279 g/mol. The summed E-state index contributed by atoms with van der Waals surface area (Å²) in [4.78, 5) is 22.7. The lowest BCUT2D eigenvalue weighted by Gasteiger charge is -2.07.